The molecule has 0 aromatic heterocycles. The molecule has 7 rings (SSSR count). The van der Waals surface area contributed by atoms with Crippen LogP contribution < -0.4 is 5.32 Å². The molecule has 0 radical (unpaired) electrons. The van der Waals surface area contributed by atoms with Gasteiger partial charge in [-0.2, -0.15) is 0 Å². The fourth-order valence-electron chi connectivity index (χ4n) is 5.90. The summed E-state index contributed by atoms with van der Waals surface area (Å²) in [5.74, 6) is 0.316. The van der Waals surface area contributed by atoms with Gasteiger partial charge in [-0.25, -0.2) is 0 Å². The number of carbonyl (C=O) groups excluding carboxylic acids is 1. The Morgan fingerprint density at radius 3 is 2.74 bits per heavy atom. The summed E-state index contributed by atoms with van der Waals surface area (Å²) in [6.45, 7) is 0.485. The number of fused-ring (bicyclic) bond motifs is 2. The van der Waals surface area contributed by atoms with E-state index in [1.807, 2.05) is 35.2 Å². The molecule has 4 saturated heterocycles. The van der Waals surface area contributed by atoms with E-state index in [9.17, 15) is 4.79 Å². The highest BCUT2D eigenvalue weighted by Crippen LogP contribution is 2.60. The van der Waals surface area contributed by atoms with E-state index in [4.69, 9.17) is 9.47 Å². The maximum absolute atomic E-state index is 13.9. The predicted molar refractivity (Wildman–Crippen MR) is 98.9 cm³/mol. The molecule has 2 aromatic rings. The van der Waals surface area contributed by atoms with Crippen LogP contribution in [-0.4, -0.2) is 41.8 Å². The molecule has 138 valence electrons. The fraction of sp³-hybridized carbons (Fsp3) is 0.409. The van der Waals surface area contributed by atoms with Crippen molar-refractivity contribution in [2.45, 2.75) is 42.3 Å². The molecule has 4 fully saturated rings. The number of carbonyl (C=O) groups is 1. The summed E-state index contributed by atoms with van der Waals surface area (Å²) in [4.78, 5) is 15.9. The maximum atomic E-state index is 13.9. The second-order valence-corrected chi connectivity index (χ2v) is 8.22. The molecular weight excluding hydrogens is 340 g/mol. The van der Waals surface area contributed by atoms with Crippen LogP contribution in [0.5, 0.6) is 0 Å². The Balaban J connectivity index is 1.51. The lowest BCUT2D eigenvalue weighted by Gasteiger charge is -2.61. The molecule has 4 heterocycles. The largest absolute Gasteiger partial charge is 0.364 e. The predicted octanol–water partition coefficient (Wildman–Crippen LogP) is 2.34. The third-order valence-electron chi connectivity index (χ3n) is 7.06. The Morgan fingerprint density at radius 1 is 1.15 bits per heavy atom. The third-order valence-corrected chi connectivity index (χ3v) is 7.06. The van der Waals surface area contributed by atoms with Crippen LogP contribution in [0.2, 0.25) is 0 Å². The number of hydrogen-bond acceptors (Lipinski definition) is 4. The maximum Gasteiger partial charge on any atom is 0.246 e. The monoisotopic (exact) mass is 362 g/mol. The average Bonchev–Trinajstić information content (AvgIpc) is 3.26. The smallest absolute Gasteiger partial charge is 0.246 e. The number of nitrogens with one attached hydrogen (secondary N) is 1. The van der Waals surface area contributed by atoms with E-state index in [1.165, 1.54) is 11.1 Å². The molecule has 1 aliphatic carbocycles. The van der Waals surface area contributed by atoms with E-state index >= 15 is 0 Å². The lowest BCUT2D eigenvalue weighted by molar-refractivity contribution is -0.190. The molecule has 5 heteroatoms. The van der Waals surface area contributed by atoms with Crippen molar-refractivity contribution in [1.29, 1.82) is 0 Å². The summed E-state index contributed by atoms with van der Waals surface area (Å²) in [6, 6.07) is 18.5. The van der Waals surface area contributed by atoms with Crippen molar-refractivity contribution >= 4 is 5.91 Å². The number of amides is 1. The molecule has 2 bridgehead atoms. The van der Waals surface area contributed by atoms with Crippen LogP contribution in [0.4, 0.5) is 0 Å². The van der Waals surface area contributed by atoms with Crippen molar-refractivity contribution in [2.24, 2.45) is 0 Å². The molecule has 2 spiro atoms. The highest BCUT2D eigenvalue weighted by molar-refractivity contribution is 5.93. The number of piperazine rings is 1. The van der Waals surface area contributed by atoms with Gasteiger partial charge in [-0.3, -0.25) is 15.0 Å². The molecule has 5 aliphatic rings. The molecule has 27 heavy (non-hydrogen) atoms. The quantitative estimate of drug-likeness (QED) is 0.891. The van der Waals surface area contributed by atoms with Gasteiger partial charge in [0.1, 0.15) is 17.3 Å². The zero-order valence-corrected chi connectivity index (χ0v) is 15.2. The van der Waals surface area contributed by atoms with Crippen molar-refractivity contribution in [3.8, 4) is 0 Å². The zero-order valence-electron chi connectivity index (χ0n) is 15.2. The summed E-state index contributed by atoms with van der Waals surface area (Å²) in [5, 5.41) is 3.62. The van der Waals surface area contributed by atoms with Crippen molar-refractivity contribution in [3.05, 3.63) is 71.3 Å². The molecule has 5 nitrogen and oxygen atoms in total. The van der Waals surface area contributed by atoms with Gasteiger partial charge in [0.15, 0.2) is 6.23 Å². The van der Waals surface area contributed by atoms with Gasteiger partial charge in [-0.1, -0.05) is 54.6 Å². The van der Waals surface area contributed by atoms with Gasteiger partial charge >= 0.3 is 0 Å². The zero-order chi connectivity index (χ0) is 18.2. The summed E-state index contributed by atoms with van der Waals surface area (Å²) in [6.07, 6.45) is 1.00. The Bertz CT molecular complexity index is 932. The van der Waals surface area contributed by atoms with Gasteiger partial charge in [0, 0.05) is 25.0 Å². The minimum absolute atomic E-state index is 0.148. The number of methoxy groups -OCH3 is 1. The normalized spacial score (nSPS) is 38.6. The Morgan fingerprint density at radius 2 is 1.93 bits per heavy atom. The van der Waals surface area contributed by atoms with E-state index in [-0.39, 0.29) is 24.3 Å². The molecule has 1 N–H and O–H groups in total. The van der Waals surface area contributed by atoms with E-state index in [2.05, 4.69) is 29.6 Å². The first kappa shape index (κ1) is 15.8. The molecule has 5 atom stereocenters. The van der Waals surface area contributed by atoms with Crippen LogP contribution in [-0.2, 0) is 20.7 Å². The van der Waals surface area contributed by atoms with Gasteiger partial charge in [-0.05, 0) is 17.5 Å². The number of benzene rings is 2. The SMILES string of the molecule is COC1NC23Cc4ccccc4[C@@H]2CC12CO[C@H](c1ccccc1)N2C3=O. The standard InChI is InChI=1S/C22H22N2O3/c1-26-19-21-12-17-16-10-6-5-9-15(16)11-22(17,23-19)20(25)24(21)18(27-13-21)14-7-3-2-4-8-14/h2-10,17-19,23H,11-13H2,1H3/t17-,18+,19?,21?,22?/m0/s1. The number of nitrogens with zero attached hydrogens (tertiary/aromatic N) is 1. The van der Waals surface area contributed by atoms with Crippen LogP contribution in [0, 0.1) is 0 Å². The first-order valence-corrected chi connectivity index (χ1v) is 9.58. The van der Waals surface area contributed by atoms with Crippen molar-refractivity contribution in [2.75, 3.05) is 13.7 Å². The number of hydrogen-bond donors (Lipinski definition) is 1. The molecule has 0 saturated carbocycles. The van der Waals surface area contributed by atoms with Gasteiger partial charge in [0.2, 0.25) is 5.91 Å². The molecule has 4 aliphatic heterocycles. The fourth-order valence-corrected chi connectivity index (χ4v) is 5.90. The van der Waals surface area contributed by atoms with Crippen molar-refractivity contribution in [1.82, 2.24) is 10.2 Å². The van der Waals surface area contributed by atoms with Gasteiger partial charge in [0.25, 0.3) is 0 Å². The summed E-state index contributed by atoms with van der Waals surface area (Å²) < 4.78 is 12.1. The molecule has 2 aromatic carbocycles. The number of piperidine rings is 2. The minimum atomic E-state index is -0.632. The van der Waals surface area contributed by atoms with Crippen molar-refractivity contribution in [3.63, 3.8) is 0 Å². The lowest BCUT2D eigenvalue weighted by Crippen LogP contribution is -2.82. The van der Waals surface area contributed by atoms with E-state index in [0.29, 0.717) is 13.0 Å². The number of rotatable bonds is 2. The second kappa shape index (κ2) is 5.19. The van der Waals surface area contributed by atoms with Crippen LogP contribution in [0.1, 0.15) is 35.3 Å². The van der Waals surface area contributed by atoms with Gasteiger partial charge in [-0.15, -0.1) is 0 Å². The highest BCUT2D eigenvalue weighted by Gasteiger charge is 2.73. The average molecular weight is 362 g/mol. The molecule has 3 unspecified atom stereocenters. The highest BCUT2D eigenvalue weighted by atomic mass is 16.5. The Labute approximate surface area is 158 Å². The Kier molecular flexibility index (Phi) is 3.04. The summed E-state index contributed by atoms with van der Waals surface area (Å²) in [7, 11) is 1.72. The van der Waals surface area contributed by atoms with Crippen molar-refractivity contribution < 1.29 is 14.3 Å². The minimum Gasteiger partial charge on any atom is -0.364 e. The lowest BCUT2D eigenvalue weighted by atomic mass is 9.65. The number of ether oxygens (including phenoxy) is 2. The first-order chi connectivity index (χ1) is 13.2. The van der Waals surface area contributed by atoms with Crippen LogP contribution in [0.3, 0.4) is 0 Å². The van der Waals surface area contributed by atoms with Crippen LogP contribution in [0.25, 0.3) is 0 Å². The first-order valence-electron chi connectivity index (χ1n) is 9.58. The molecule has 1 amide bonds. The van der Waals surface area contributed by atoms with E-state index in [1.54, 1.807) is 7.11 Å². The molecular formula is C22H22N2O3. The summed E-state index contributed by atoms with van der Waals surface area (Å²) >= 11 is 0. The van der Waals surface area contributed by atoms with Gasteiger partial charge < -0.3 is 9.47 Å². The Hall–Kier alpha value is -2.21. The van der Waals surface area contributed by atoms with Gasteiger partial charge in [0.05, 0.1) is 6.61 Å². The third kappa shape index (κ3) is 1.77. The summed E-state index contributed by atoms with van der Waals surface area (Å²) in [5.41, 5.74) is 2.49. The van der Waals surface area contributed by atoms with Crippen LogP contribution in [0.15, 0.2) is 54.6 Å². The van der Waals surface area contributed by atoms with Crippen LogP contribution >= 0.6 is 0 Å². The second-order valence-electron chi connectivity index (χ2n) is 8.22. The van der Waals surface area contributed by atoms with E-state index in [0.717, 1.165) is 12.0 Å². The topological polar surface area (TPSA) is 50.8 Å². The van der Waals surface area contributed by atoms with E-state index < -0.39 is 11.1 Å².